The van der Waals surface area contributed by atoms with Gasteiger partial charge in [0.25, 0.3) is 11.8 Å². The molecule has 10 nitrogen and oxygen atoms in total. The van der Waals surface area contributed by atoms with Crippen molar-refractivity contribution in [3.63, 3.8) is 0 Å². The third-order valence-corrected chi connectivity index (χ3v) is 8.85. The number of fused-ring (bicyclic) bond motifs is 2. The number of hydrogen-bond acceptors (Lipinski definition) is 6. The van der Waals surface area contributed by atoms with Gasteiger partial charge >= 0.3 is 0 Å². The minimum atomic E-state index is -1.15. The number of Topliss-reactive ketones (excluding diaryl/α,β-unsaturated/α-hetero) is 2. The zero-order chi connectivity index (χ0) is 28.0. The van der Waals surface area contributed by atoms with Crippen LogP contribution in [0.25, 0.3) is 10.9 Å². The number of nitrogens with zero attached hydrogens (tertiary/aromatic N) is 1. The summed E-state index contributed by atoms with van der Waals surface area (Å²) < 4.78 is 5.44. The Morgan fingerprint density at radius 2 is 1.98 bits per heavy atom. The van der Waals surface area contributed by atoms with E-state index in [1.165, 1.54) is 0 Å². The van der Waals surface area contributed by atoms with Crippen LogP contribution in [0.4, 0.5) is 0 Å². The van der Waals surface area contributed by atoms with Crippen molar-refractivity contribution in [2.75, 3.05) is 13.7 Å². The molecule has 1 aromatic heterocycles. The number of aromatic nitrogens is 1. The van der Waals surface area contributed by atoms with Gasteiger partial charge in [-0.25, -0.2) is 0 Å². The molecule has 5 atom stereocenters. The van der Waals surface area contributed by atoms with E-state index in [1.807, 2.05) is 18.2 Å². The van der Waals surface area contributed by atoms with Crippen LogP contribution in [0.2, 0.25) is 0 Å². The normalized spacial score (nSPS) is 26.1. The van der Waals surface area contributed by atoms with Crippen LogP contribution in [-0.2, 0) is 19.2 Å². The Morgan fingerprint density at radius 1 is 1.15 bits per heavy atom. The first kappa shape index (κ1) is 26.3. The summed E-state index contributed by atoms with van der Waals surface area (Å²) in [6, 6.07) is 5.32. The van der Waals surface area contributed by atoms with E-state index >= 15 is 0 Å². The number of carbonyl (C=O) groups is 5. The van der Waals surface area contributed by atoms with Crippen molar-refractivity contribution in [2.24, 2.45) is 17.8 Å². The van der Waals surface area contributed by atoms with Gasteiger partial charge in [-0.2, -0.15) is 0 Å². The molecule has 210 valence electrons. The second kappa shape index (κ2) is 10.6. The number of carbonyl (C=O) groups excluding carboxylic acids is 5. The Bertz CT molecular complexity index is 1410. The third-order valence-electron chi connectivity index (χ3n) is 8.85. The highest BCUT2D eigenvalue weighted by Gasteiger charge is 2.50. The smallest absolute Gasteiger partial charge is 0.289 e. The number of nitrogens with one attached hydrogen (secondary N) is 3. The summed E-state index contributed by atoms with van der Waals surface area (Å²) in [5.41, 5.74) is 1.11. The second-order valence-corrected chi connectivity index (χ2v) is 11.5. The Kier molecular flexibility index (Phi) is 6.93. The highest BCUT2D eigenvalue weighted by atomic mass is 16.5. The number of aromatic amines is 1. The second-order valence-electron chi connectivity index (χ2n) is 11.5. The topological polar surface area (TPSA) is 138 Å². The van der Waals surface area contributed by atoms with Gasteiger partial charge in [0, 0.05) is 35.8 Å². The van der Waals surface area contributed by atoms with E-state index in [-0.39, 0.29) is 42.4 Å². The number of methoxy groups -OCH3 is 1. The van der Waals surface area contributed by atoms with Gasteiger partial charge in [-0.05, 0) is 62.1 Å². The van der Waals surface area contributed by atoms with E-state index in [9.17, 15) is 24.0 Å². The monoisotopic (exact) mass is 546 g/mol. The van der Waals surface area contributed by atoms with Crippen LogP contribution in [0.3, 0.4) is 0 Å². The van der Waals surface area contributed by atoms with Crippen LogP contribution in [0.5, 0.6) is 5.75 Å². The molecule has 6 rings (SSSR count). The SMILES string of the molecule is COc1cccc2[nH]c(C(=O)N3CC4CCCC4C3C(=O)NC(CC3C=CCC3=O)C(=O)C(=O)NC3CC3)cc12. The molecular formula is C30H34N4O6. The maximum Gasteiger partial charge on any atom is 0.289 e. The summed E-state index contributed by atoms with van der Waals surface area (Å²) in [7, 11) is 1.57. The molecule has 2 aromatic rings. The molecule has 3 aliphatic carbocycles. The minimum absolute atomic E-state index is 0.0158. The van der Waals surface area contributed by atoms with Crippen LogP contribution < -0.4 is 15.4 Å². The molecule has 3 N–H and O–H groups in total. The number of rotatable bonds is 9. The van der Waals surface area contributed by atoms with Gasteiger partial charge in [-0.1, -0.05) is 24.6 Å². The van der Waals surface area contributed by atoms with E-state index in [0.29, 0.717) is 18.0 Å². The van der Waals surface area contributed by atoms with Crippen molar-refractivity contribution in [3.8, 4) is 5.75 Å². The molecular weight excluding hydrogens is 512 g/mol. The molecule has 2 heterocycles. The molecule has 0 radical (unpaired) electrons. The molecule has 2 saturated carbocycles. The first-order valence-electron chi connectivity index (χ1n) is 14.1. The fourth-order valence-corrected chi connectivity index (χ4v) is 6.63. The number of hydrogen-bond donors (Lipinski definition) is 3. The zero-order valence-electron chi connectivity index (χ0n) is 22.5. The fourth-order valence-electron chi connectivity index (χ4n) is 6.63. The first-order valence-corrected chi connectivity index (χ1v) is 14.1. The lowest BCUT2D eigenvalue weighted by atomic mass is 9.91. The van der Waals surface area contributed by atoms with Gasteiger partial charge in [-0.15, -0.1) is 0 Å². The lowest BCUT2D eigenvalue weighted by Gasteiger charge is -2.29. The standard InChI is InChI=1S/C30H34N4O6/c1-40-25-10-4-8-21-20(25)14-23(32-21)30(39)34-15-17-6-2-7-19(17)26(34)28(37)33-22(13-16-5-3-9-24(16)35)27(36)29(38)31-18-11-12-18/h3-5,8,10,14,16-19,22,26,32H,2,6-7,9,11-13,15H2,1H3,(H,31,38)(H,33,37). The number of H-pyrrole nitrogens is 1. The molecule has 1 saturated heterocycles. The highest BCUT2D eigenvalue weighted by Crippen LogP contribution is 2.43. The Labute approximate surface area is 231 Å². The number of likely N-dealkylation sites (tertiary alicyclic amines) is 1. The largest absolute Gasteiger partial charge is 0.496 e. The van der Waals surface area contributed by atoms with Crippen LogP contribution in [-0.4, -0.2) is 71.0 Å². The number of benzene rings is 1. The molecule has 1 aromatic carbocycles. The average Bonchev–Trinajstić information content (AvgIpc) is 3.30. The van der Waals surface area contributed by atoms with E-state index in [2.05, 4.69) is 15.6 Å². The lowest BCUT2D eigenvalue weighted by Crippen LogP contribution is -2.55. The van der Waals surface area contributed by atoms with Crippen LogP contribution in [0.15, 0.2) is 36.4 Å². The molecule has 1 aliphatic heterocycles. The third kappa shape index (κ3) is 4.91. The van der Waals surface area contributed by atoms with Gasteiger partial charge in [0.2, 0.25) is 11.7 Å². The van der Waals surface area contributed by atoms with Crippen molar-refractivity contribution in [1.29, 1.82) is 0 Å². The maximum absolute atomic E-state index is 13.9. The summed E-state index contributed by atoms with van der Waals surface area (Å²) in [4.78, 5) is 70.8. The van der Waals surface area contributed by atoms with E-state index in [1.54, 1.807) is 30.2 Å². The predicted octanol–water partition coefficient (Wildman–Crippen LogP) is 2.29. The quantitative estimate of drug-likeness (QED) is 0.326. The van der Waals surface area contributed by atoms with Crippen molar-refractivity contribution < 1.29 is 28.7 Å². The molecule has 0 bridgehead atoms. The summed E-state index contributed by atoms with van der Waals surface area (Å²) in [6.45, 7) is 0.443. The molecule has 5 unspecified atom stereocenters. The van der Waals surface area contributed by atoms with Gasteiger partial charge in [0.05, 0.1) is 13.2 Å². The van der Waals surface area contributed by atoms with Gasteiger partial charge in [0.1, 0.15) is 23.3 Å². The molecule has 40 heavy (non-hydrogen) atoms. The van der Waals surface area contributed by atoms with Gasteiger partial charge in [0.15, 0.2) is 0 Å². The summed E-state index contributed by atoms with van der Waals surface area (Å²) >= 11 is 0. The fraction of sp³-hybridized carbons (Fsp3) is 0.500. The summed E-state index contributed by atoms with van der Waals surface area (Å²) in [6.07, 6.45) is 8.12. The van der Waals surface area contributed by atoms with E-state index < -0.39 is 35.6 Å². The molecule has 4 aliphatic rings. The first-order chi connectivity index (χ1) is 19.3. The number of allylic oxidation sites excluding steroid dienone is 2. The lowest BCUT2D eigenvalue weighted by molar-refractivity contribution is -0.141. The van der Waals surface area contributed by atoms with Crippen LogP contribution in [0, 0.1) is 17.8 Å². The molecule has 10 heteroatoms. The Hall–Kier alpha value is -3.95. The van der Waals surface area contributed by atoms with E-state index in [0.717, 1.165) is 43.0 Å². The minimum Gasteiger partial charge on any atom is -0.496 e. The summed E-state index contributed by atoms with van der Waals surface area (Å²) in [5.74, 6) is -2.04. The number of ether oxygens (including phenoxy) is 1. The molecule has 0 spiro atoms. The van der Waals surface area contributed by atoms with Crippen LogP contribution in [0.1, 0.15) is 55.4 Å². The number of ketones is 2. The van der Waals surface area contributed by atoms with Gasteiger partial charge in [-0.3, -0.25) is 24.0 Å². The van der Waals surface area contributed by atoms with Gasteiger partial charge < -0.3 is 25.3 Å². The predicted molar refractivity (Wildman–Crippen MR) is 145 cm³/mol. The van der Waals surface area contributed by atoms with Crippen molar-refractivity contribution >= 4 is 40.2 Å². The highest BCUT2D eigenvalue weighted by molar-refractivity contribution is 6.38. The summed E-state index contributed by atoms with van der Waals surface area (Å²) in [5, 5.41) is 6.29. The van der Waals surface area contributed by atoms with Crippen molar-refractivity contribution in [1.82, 2.24) is 20.5 Å². The van der Waals surface area contributed by atoms with Crippen molar-refractivity contribution in [3.05, 3.63) is 42.1 Å². The molecule has 3 amide bonds. The Balaban J connectivity index is 1.25. The van der Waals surface area contributed by atoms with Crippen LogP contribution >= 0.6 is 0 Å². The zero-order valence-corrected chi connectivity index (χ0v) is 22.5. The van der Waals surface area contributed by atoms with Crippen molar-refractivity contribution in [2.45, 2.75) is 63.1 Å². The average molecular weight is 547 g/mol. The van der Waals surface area contributed by atoms with E-state index in [4.69, 9.17) is 4.74 Å². The maximum atomic E-state index is 13.9. The number of amides is 3. The molecule has 3 fully saturated rings. The Morgan fingerprint density at radius 3 is 2.70 bits per heavy atom.